The van der Waals surface area contributed by atoms with E-state index >= 15 is 0 Å². The highest BCUT2D eigenvalue weighted by atomic mass is 32.2. The molecule has 0 aromatic carbocycles. The van der Waals surface area contributed by atoms with Crippen molar-refractivity contribution in [3.8, 4) is 11.4 Å². The van der Waals surface area contributed by atoms with E-state index in [1.807, 2.05) is 0 Å². The molecule has 0 aliphatic heterocycles. The van der Waals surface area contributed by atoms with Crippen LogP contribution in [0.3, 0.4) is 0 Å². The van der Waals surface area contributed by atoms with E-state index in [-0.39, 0.29) is 17.7 Å². The number of nitrogens with zero attached hydrogens (tertiary/aromatic N) is 3. The van der Waals surface area contributed by atoms with E-state index in [0.29, 0.717) is 5.92 Å². The van der Waals surface area contributed by atoms with Crippen LogP contribution in [-0.2, 0) is 4.79 Å². The van der Waals surface area contributed by atoms with Gasteiger partial charge < -0.3 is 5.73 Å². The number of thiophene rings is 1. The molecule has 0 aliphatic rings. The van der Waals surface area contributed by atoms with Gasteiger partial charge in [0.05, 0.1) is 5.75 Å². The van der Waals surface area contributed by atoms with Gasteiger partial charge in [-0.25, -0.2) is 0 Å². The lowest BCUT2D eigenvalue weighted by molar-refractivity contribution is -0.115. The minimum atomic E-state index is -0.350. The molecule has 2 N–H and O–H groups in total. The Hall–Kier alpha value is -1.34. The summed E-state index contributed by atoms with van der Waals surface area (Å²) in [6.45, 7) is 8.52. The van der Waals surface area contributed by atoms with Crippen LogP contribution >= 0.6 is 23.1 Å². The molecule has 1 amide bonds. The van der Waals surface area contributed by atoms with Crippen LogP contribution in [0.25, 0.3) is 11.4 Å². The van der Waals surface area contributed by atoms with Crippen LogP contribution in [0.1, 0.15) is 44.5 Å². The van der Waals surface area contributed by atoms with Crippen molar-refractivity contribution in [2.24, 2.45) is 5.73 Å². The predicted octanol–water partition coefficient (Wildman–Crippen LogP) is 3.29. The van der Waals surface area contributed by atoms with Crippen LogP contribution in [0.15, 0.2) is 16.6 Å². The van der Waals surface area contributed by atoms with Crippen molar-refractivity contribution in [3.63, 3.8) is 0 Å². The highest BCUT2D eigenvalue weighted by Crippen LogP contribution is 2.32. The van der Waals surface area contributed by atoms with Crippen molar-refractivity contribution < 1.29 is 4.79 Å². The third kappa shape index (κ3) is 3.65. The number of primary amides is 1. The summed E-state index contributed by atoms with van der Waals surface area (Å²) in [7, 11) is 0. The minimum absolute atomic E-state index is 0.214. The lowest BCUT2D eigenvalue weighted by Gasteiger charge is -2.12. The molecular formula is C14H20N4OS2. The maximum atomic E-state index is 11.0. The van der Waals surface area contributed by atoms with Crippen molar-refractivity contribution in [3.05, 3.63) is 16.3 Å². The number of hydrogen-bond acceptors (Lipinski definition) is 5. The summed E-state index contributed by atoms with van der Waals surface area (Å²) in [6, 6.07) is 2.38. The van der Waals surface area contributed by atoms with Gasteiger partial charge in [-0.3, -0.25) is 9.36 Å². The Balaban J connectivity index is 2.36. The van der Waals surface area contributed by atoms with E-state index in [1.54, 1.807) is 11.3 Å². The summed E-state index contributed by atoms with van der Waals surface area (Å²) in [6.07, 6.45) is 0. The molecule has 0 atom stereocenters. The first-order valence-electron chi connectivity index (χ1n) is 6.85. The van der Waals surface area contributed by atoms with Gasteiger partial charge in [-0.15, -0.1) is 21.5 Å². The third-order valence-electron chi connectivity index (χ3n) is 2.97. The summed E-state index contributed by atoms with van der Waals surface area (Å²) in [4.78, 5) is 12.3. The first-order chi connectivity index (χ1) is 9.90. The van der Waals surface area contributed by atoms with E-state index in [1.165, 1.54) is 16.6 Å². The molecule has 2 rings (SSSR count). The summed E-state index contributed by atoms with van der Waals surface area (Å²) >= 11 is 3.07. The van der Waals surface area contributed by atoms with Crippen LogP contribution in [0.5, 0.6) is 0 Å². The van der Waals surface area contributed by atoms with Crippen molar-refractivity contribution >= 4 is 29.0 Å². The van der Waals surface area contributed by atoms with Crippen LogP contribution < -0.4 is 5.73 Å². The predicted molar refractivity (Wildman–Crippen MR) is 87.7 cm³/mol. The monoisotopic (exact) mass is 324 g/mol. The maximum absolute atomic E-state index is 11.0. The second-order valence-corrected chi connectivity index (χ2v) is 7.30. The van der Waals surface area contributed by atoms with Gasteiger partial charge in [0.1, 0.15) is 0 Å². The highest BCUT2D eigenvalue weighted by molar-refractivity contribution is 7.99. The molecule has 0 spiro atoms. The number of amides is 1. The van der Waals surface area contributed by atoms with Gasteiger partial charge in [0, 0.05) is 21.9 Å². The van der Waals surface area contributed by atoms with E-state index in [9.17, 15) is 4.79 Å². The van der Waals surface area contributed by atoms with Gasteiger partial charge in [-0.05, 0) is 25.8 Å². The molecule has 0 unspecified atom stereocenters. The molecule has 0 aliphatic carbocycles. The molecular weight excluding hydrogens is 304 g/mol. The molecule has 0 saturated carbocycles. The number of hydrogen-bond donors (Lipinski definition) is 1. The van der Waals surface area contributed by atoms with E-state index in [2.05, 4.69) is 53.9 Å². The molecule has 2 aromatic heterocycles. The zero-order valence-electron chi connectivity index (χ0n) is 12.7. The largest absolute Gasteiger partial charge is 0.369 e. The molecule has 0 radical (unpaired) electrons. The van der Waals surface area contributed by atoms with Gasteiger partial charge in [0.2, 0.25) is 5.91 Å². The zero-order chi connectivity index (χ0) is 15.6. The highest BCUT2D eigenvalue weighted by Gasteiger charge is 2.18. The number of rotatable bonds is 6. The number of carbonyl (C=O) groups is 1. The zero-order valence-corrected chi connectivity index (χ0v) is 14.3. The van der Waals surface area contributed by atoms with Crippen molar-refractivity contribution in [2.45, 2.75) is 44.8 Å². The molecule has 0 bridgehead atoms. The lowest BCUT2D eigenvalue weighted by atomic mass is 10.1. The fourth-order valence-electron chi connectivity index (χ4n) is 1.95. The van der Waals surface area contributed by atoms with Crippen LogP contribution in [-0.4, -0.2) is 26.4 Å². The smallest absolute Gasteiger partial charge is 0.227 e. The minimum Gasteiger partial charge on any atom is -0.369 e. The Morgan fingerprint density at radius 3 is 2.62 bits per heavy atom. The molecule has 2 heterocycles. The standard InChI is InChI=1S/C14H20N4OS2/c1-8(2)11-5-10(6-20-11)13-16-17-14(18(13)9(3)4)21-7-12(15)19/h5-6,8-9H,7H2,1-4H3,(H2,15,19). The Bertz CT molecular complexity index is 631. The summed E-state index contributed by atoms with van der Waals surface area (Å²) in [5.74, 6) is 1.21. The number of aromatic nitrogens is 3. The molecule has 2 aromatic rings. The molecule has 0 saturated heterocycles. The van der Waals surface area contributed by atoms with E-state index in [4.69, 9.17) is 5.73 Å². The first kappa shape index (κ1) is 16.0. The Kier molecular flexibility index (Phi) is 5.05. The van der Waals surface area contributed by atoms with Gasteiger partial charge in [-0.2, -0.15) is 0 Å². The molecule has 114 valence electrons. The number of nitrogens with two attached hydrogens (primary N) is 1. The van der Waals surface area contributed by atoms with Crippen LogP contribution in [0, 0.1) is 0 Å². The summed E-state index contributed by atoms with van der Waals surface area (Å²) < 4.78 is 2.06. The molecule has 0 fully saturated rings. The summed E-state index contributed by atoms with van der Waals surface area (Å²) in [5.41, 5.74) is 6.28. The second-order valence-electron chi connectivity index (χ2n) is 5.42. The Labute approximate surface area is 132 Å². The number of carbonyl (C=O) groups excluding carboxylic acids is 1. The van der Waals surface area contributed by atoms with Gasteiger partial charge in [0.15, 0.2) is 11.0 Å². The van der Waals surface area contributed by atoms with Gasteiger partial charge >= 0.3 is 0 Å². The van der Waals surface area contributed by atoms with Crippen molar-refractivity contribution in [1.82, 2.24) is 14.8 Å². The quantitative estimate of drug-likeness (QED) is 0.827. The Morgan fingerprint density at radius 1 is 1.38 bits per heavy atom. The molecule has 5 nitrogen and oxygen atoms in total. The average Bonchev–Trinajstić information content (AvgIpc) is 3.02. The van der Waals surface area contributed by atoms with Crippen molar-refractivity contribution in [2.75, 3.05) is 5.75 Å². The van der Waals surface area contributed by atoms with E-state index < -0.39 is 0 Å². The topological polar surface area (TPSA) is 73.8 Å². The summed E-state index contributed by atoms with van der Waals surface area (Å²) in [5, 5.41) is 11.4. The molecule has 7 heteroatoms. The first-order valence-corrected chi connectivity index (χ1v) is 8.71. The second kappa shape index (κ2) is 6.62. The number of thioether (sulfide) groups is 1. The third-order valence-corrected chi connectivity index (χ3v) is 5.17. The Morgan fingerprint density at radius 2 is 2.10 bits per heavy atom. The van der Waals surface area contributed by atoms with E-state index in [0.717, 1.165) is 16.5 Å². The maximum Gasteiger partial charge on any atom is 0.227 e. The fourth-order valence-corrected chi connectivity index (χ4v) is 3.66. The average molecular weight is 324 g/mol. The van der Waals surface area contributed by atoms with Crippen LogP contribution in [0.4, 0.5) is 0 Å². The van der Waals surface area contributed by atoms with Gasteiger partial charge in [-0.1, -0.05) is 25.6 Å². The van der Waals surface area contributed by atoms with Gasteiger partial charge in [0.25, 0.3) is 0 Å². The molecule has 21 heavy (non-hydrogen) atoms. The van der Waals surface area contributed by atoms with Crippen molar-refractivity contribution in [1.29, 1.82) is 0 Å². The fraction of sp³-hybridized carbons (Fsp3) is 0.500. The normalized spacial score (nSPS) is 11.5. The SMILES string of the molecule is CC(C)c1cc(-c2nnc(SCC(N)=O)n2C(C)C)cs1. The van der Waals surface area contributed by atoms with Crippen LogP contribution in [0.2, 0.25) is 0 Å². The lowest BCUT2D eigenvalue weighted by Crippen LogP contribution is -2.14.